The molecule has 11 nitrogen and oxygen atoms in total. The van der Waals surface area contributed by atoms with Gasteiger partial charge >= 0.3 is 11.9 Å². The van der Waals surface area contributed by atoms with Crippen molar-refractivity contribution in [3.8, 4) is 0 Å². The SMILES string of the molecule is NC(=O)CC(C(=O)NCCCCCCCCCCCCCCCCCCC(CC(=O)O)C(=O)O)S(=O)(=O)O. The summed E-state index contributed by atoms with van der Waals surface area (Å²) in [5.74, 6) is -4.75. The molecule has 6 N–H and O–H groups in total. The third kappa shape index (κ3) is 20.8. The molecular weight excluding hydrogens is 516 g/mol. The first-order chi connectivity index (χ1) is 17.9. The number of unbranched alkanes of at least 4 members (excludes halogenated alkanes) is 15. The first kappa shape index (κ1) is 35.8. The Balaban J connectivity index is 3.50. The van der Waals surface area contributed by atoms with Crippen LogP contribution in [0.3, 0.4) is 0 Å². The lowest BCUT2D eigenvalue weighted by Crippen LogP contribution is -2.42. The van der Waals surface area contributed by atoms with E-state index in [1.54, 1.807) is 0 Å². The molecule has 2 unspecified atom stereocenters. The van der Waals surface area contributed by atoms with Crippen LogP contribution in [0.4, 0.5) is 0 Å². The zero-order valence-electron chi connectivity index (χ0n) is 22.6. The van der Waals surface area contributed by atoms with Crippen molar-refractivity contribution in [2.24, 2.45) is 11.7 Å². The van der Waals surface area contributed by atoms with Crippen molar-refractivity contribution in [3.63, 3.8) is 0 Å². The number of amides is 2. The van der Waals surface area contributed by atoms with Gasteiger partial charge in [-0.2, -0.15) is 8.42 Å². The van der Waals surface area contributed by atoms with E-state index in [9.17, 15) is 27.6 Å². The fourth-order valence-electron chi connectivity index (χ4n) is 4.36. The third-order valence-electron chi connectivity index (χ3n) is 6.59. The molecular formula is C26H48N2O9S. The van der Waals surface area contributed by atoms with Gasteiger partial charge in [0.1, 0.15) is 0 Å². The minimum atomic E-state index is -4.68. The maximum Gasteiger partial charge on any atom is 0.307 e. The van der Waals surface area contributed by atoms with Crippen molar-refractivity contribution in [2.75, 3.05) is 6.54 Å². The number of rotatable bonds is 26. The molecule has 0 saturated heterocycles. The Kier molecular flexibility index (Phi) is 20.4. The van der Waals surface area contributed by atoms with Crippen molar-refractivity contribution in [1.29, 1.82) is 0 Å². The molecule has 0 aromatic carbocycles. The number of carboxylic acid groups (broad SMARTS) is 2. The highest BCUT2D eigenvalue weighted by Gasteiger charge is 2.32. The second kappa shape index (κ2) is 21.7. The summed E-state index contributed by atoms with van der Waals surface area (Å²) in [7, 11) is -4.68. The fraction of sp³-hybridized carbons (Fsp3) is 0.846. The lowest BCUT2D eigenvalue weighted by atomic mass is 9.97. The van der Waals surface area contributed by atoms with Crippen molar-refractivity contribution < 1.29 is 42.4 Å². The van der Waals surface area contributed by atoms with Gasteiger partial charge < -0.3 is 21.3 Å². The Hall–Kier alpha value is -2.21. The van der Waals surface area contributed by atoms with Crippen LogP contribution in [0.25, 0.3) is 0 Å². The monoisotopic (exact) mass is 564 g/mol. The second-order valence-electron chi connectivity index (χ2n) is 10.0. The van der Waals surface area contributed by atoms with E-state index >= 15 is 0 Å². The predicted octanol–water partition coefficient (Wildman–Crippen LogP) is 4.04. The van der Waals surface area contributed by atoms with Crippen molar-refractivity contribution >= 4 is 33.9 Å². The van der Waals surface area contributed by atoms with Gasteiger partial charge in [-0.25, -0.2) is 0 Å². The van der Waals surface area contributed by atoms with Gasteiger partial charge in [-0.05, 0) is 12.8 Å². The van der Waals surface area contributed by atoms with Crippen LogP contribution in [-0.2, 0) is 29.3 Å². The molecule has 2 atom stereocenters. The summed E-state index contributed by atoms with van der Waals surface area (Å²) in [5, 5.41) is 18.4. The fourth-order valence-corrected chi connectivity index (χ4v) is 5.08. The van der Waals surface area contributed by atoms with Crippen LogP contribution in [0.5, 0.6) is 0 Å². The summed E-state index contributed by atoms with van der Waals surface area (Å²) >= 11 is 0. The normalized spacial score (nSPS) is 13.1. The number of primary amides is 1. The van der Waals surface area contributed by atoms with Gasteiger partial charge in [-0.3, -0.25) is 23.7 Å². The number of carbonyl (C=O) groups is 4. The van der Waals surface area contributed by atoms with Crippen LogP contribution in [-0.4, -0.2) is 58.7 Å². The molecule has 12 heteroatoms. The maximum absolute atomic E-state index is 11.9. The lowest BCUT2D eigenvalue weighted by molar-refractivity contribution is -0.148. The third-order valence-corrected chi connectivity index (χ3v) is 7.69. The van der Waals surface area contributed by atoms with Crippen LogP contribution in [0.15, 0.2) is 0 Å². The minimum absolute atomic E-state index is 0.279. The molecule has 0 aliphatic rings. The van der Waals surface area contributed by atoms with E-state index in [1.807, 2.05) is 0 Å². The molecule has 0 radical (unpaired) electrons. The van der Waals surface area contributed by atoms with E-state index < -0.39 is 51.5 Å². The zero-order valence-corrected chi connectivity index (χ0v) is 23.4. The maximum atomic E-state index is 11.9. The first-order valence-corrected chi connectivity index (χ1v) is 15.4. The zero-order chi connectivity index (χ0) is 28.8. The molecule has 0 fully saturated rings. The first-order valence-electron chi connectivity index (χ1n) is 13.9. The van der Waals surface area contributed by atoms with E-state index in [2.05, 4.69) is 5.32 Å². The number of carboxylic acids is 2. The Morgan fingerprint density at radius 1 is 0.658 bits per heavy atom. The van der Waals surface area contributed by atoms with Crippen LogP contribution >= 0.6 is 0 Å². The molecule has 0 aliphatic heterocycles. The molecule has 2 amide bonds. The van der Waals surface area contributed by atoms with Gasteiger partial charge in [0.15, 0.2) is 5.25 Å². The standard InChI is InChI=1S/C26H48N2O9S/c27-23(29)20-22(38(35,36)37)25(32)28-18-16-14-12-10-8-6-4-2-1-3-5-7-9-11-13-15-17-21(26(33)34)19-24(30)31/h21-22H,1-20H2,(H2,27,29)(H,28,32)(H,30,31)(H,33,34)(H,35,36,37). The van der Waals surface area contributed by atoms with E-state index in [1.165, 1.54) is 44.9 Å². The van der Waals surface area contributed by atoms with E-state index in [-0.39, 0.29) is 13.0 Å². The predicted molar refractivity (Wildman–Crippen MR) is 144 cm³/mol. The van der Waals surface area contributed by atoms with Crippen LogP contribution < -0.4 is 11.1 Å². The van der Waals surface area contributed by atoms with Crippen LogP contribution in [0, 0.1) is 5.92 Å². The molecule has 0 rings (SSSR count). The van der Waals surface area contributed by atoms with Gasteiger partial charge in [0.05, 0.1) is 18.8 Å². The highest BCUT2D eigenvalue weighted by molar-refractivity contribution is 7.87. The van der Waals surface area contributed by atoms with E-state index in [0.29, 0.717) is 12.8 Å². The Morgan fingerprint density at radius 3 is 1.39 bits per heavy atom. The molecule has 0 bridgehead atoms. The topological polar surface area (TPSA) is 201 Å². The number of aliphatic carboxylic acids is 2. The number of hydrogen-bond acceptors (Lipinski definition) is 6. The summed E-state index contributed by atoms with van der Waals surface area (Å²) in [6.45, 7) is 0.279. The second-order valence-corrected chi connectivity index (χ2v) is 11.6. The molecule has 0 spiro atoms. The van der Waals surface area contributed by atoms with Crippen molar-refractivity contribution in [2.45, 2.75) is 127 Å². The molecule has 222 valence electrons. The molecule has 0 aromatic rings. The highest BCUT2D eigenvalue weighted by Crippen LogP contribution is 2.17. The lowest BCUT2D eigenvalue weighted by Gasteiger charge is -2.12. The Morgan fingerprint density at radius 2 is 1.05 bits per heavy atom. The molecule has 38 heavy (non-hydrogen) atoms. The van der Waals surface area contributed by atoms with Crippen molar-refractivity contribution in [3.05, 3.63) is 0 Å². The highest BCUT2D eigenvalue weighted by atomic mass is 32.2. The summed E-state index contributed by atoms with van der Waals surface area (Å²) < 4.78 is 31.5. The molecule has 0 aromatic heterocycles. The molecule has 0 aliphatic carbocycles. The van der Waals surface area contributed by atoms with Crippen LogP contribution in [0.2, 0.25) is 0 Å². The van der Waals surface area contributed by atoms with Gasteiger partial charge in [0.25, 0.3) is 10.1 Å². The van der Waals surface area contributed by atoms with Gasteiger partial charge in [-0.1, -0.05) is 96.3 Å². The summed E-state index contributed by atoms with van der Waals surface area (Å²) in [4.78, 5) is 44.5. The Bertz CT molecular complexity index is 803. The summed E-state index contributed by atoms with van der Waals surface area (Å²) in [6, 6.07) is 0. The molecule has 0 heterocycles. The number of nitrogens with two attached hydrogens (primary N) is 1. The van der Waals surface area contributed by atoms with Gasteiger partial charge in [0.2, 0.25) is 11.8 Å². The van der Waals surface area contributed by atoms with E-state index in [0.717, 1.165) is 51.4 Å². The number of nitrogens with one attached hydrogen (secondary N) is 1. The summed E-state index contributed by atoms with van der Waals surface area (Å²) in [6.07, 6.45) is 16.6. The average Bonchev–Trinajstić information content (AvgIpc) is 2.81. The van der Waals surface area contributed by atoms with Crippen LogP contribution in [0.1, 0.15) is 122 Å². The summed E-state index contributed by atoms with van der Waals surface area (Å²) in [5.41, 5.74) is 4.93. The van der Waals surface area contributed by atoms with E-state index in [4.69, 9.17) is 20.5 Å². The minimum Gasteiger partial charge on any atom is -0.481 e. The quantitative estimate of drug-likeness (QED) is 0.0759. The van der Waals surface area contributed by atoms with Crippen molar-refractivity contribution in [1.82, 2.24) is 5.32 Å². The molecule has 0 saturated carbocycles. The largest absolute Gasteiger partial charge is 0.481 e. The van der Waals surface area contributed by atoms with Gasteiger partial charge in [-0.15, -0.1) is 0 Å². The average molecular weight is 565 g/mol. The number of hydrogen-bond donors (Lipinski definition) is 5. The number of carbonyl (C=O) groups excluding carboxylic acids is 2. The Labute approximate surface area is 227 Å². The van der Waals surface area contributed by atoms with Gasteiger partial charge in [0, 0.05) is 6.54 Å². The smallest absolute Gasteiger partial charge is 0.307 e.